The molecule has 0 spiro atoms. The molecule has 0 bridgehead atoms. The van der Waals surface area contributed by atoms with Crippen molar-refractivity contribution in [3.63, 3.8) is 0 Å². The summed E-state index contributed by atoms with van der Waals surface area (Å²) >= 11 is 0. The largest absolute Gasteiger partial charge is 0.480 e. The van der Waals surface area contributed by atoms with Gasteiger partial charge in [0.05, 0.1) is 6.54 Å². The number of nitrogens with one attached hydrogen (secondary N) is 1. The fourth-order valence-corrected chi connectivity index (χ4v) is 1.46. The molecule has 1 atom stereocenters. The van der Waals surface area contributed by atoms with E-state index in [1.807, 2.05) is 0 Å². The van der Waals surface area contributed by atoms with Gasteiger partial charge in [0, 0.05) is 11.9 Å². The van der Waals surface area contributed by atoms with Gasteiger partial charge >= 0.3 is 12.1 Å². The molecule has 1 heterocycles. The molecular weight excluding hydrogens is 248 g/mol. The predicted octanol–water partition coefficient (Wildman–Crippen LogP) is 2.22. The number of carbonyl (C=O) groups is 2. The molecule has 6 nitrogen and oxygen atoms in total. The smallest absolute Gasteiger partial charge is 0.411 e. The van der Waals surface area contributed by atoms with Crippen LogP contribution in [0.4, 0.5) is 4.79 Å². The number of hydrogen-bond acceptors (Lipinski definition) is 3. The van der Waals surface area contributed by atoms with Crippen molar-refractivity contribution >= 4 is 12.1 Å². The van der Waals surface area contributed by atoms with E-state index in [0.717, 1.165) is 5.69 Å². The van der Waals surface area contributed by atoms with E-state index in [1.54, 1.807) is 39.1 Å². The van der Waals surface area contributed by atoms with Crippen LogP contribution in [0.3, 0.4) is 0 Å². The van der Waals surface area contributed by atoms with Gasteiger partial charge in [0.1, 0.15) is 11.6 Å². The fourth-order valence-electron chi connectivity index (χ4n) is 1.46. The first-order chi connectivity index (χ1) is 8.70. The second-order valence-electron chi connectivity index (χ2n) is 5.32. The van der Waals surface area contributed by atoms with E-state index in [2.05, 4.69) is 4.98 Å². The van der Waals surface area contributed by atoms with Gasteiger partial charge < -0.3 is 14.8 Å². The predicted molar refractivity (Wildman–Crippen MR) is 69.7 cm³/mol. The van der Waals surface area contributed by atoms with Crippen molar-refractivity contribution in [3.8, 4) is 0 Å². The van der Waals surface area contributed by atoms with Gasteiger partial charge in [-0.3, -0.25) is 4.90 Å². The molecule has 0 saturated carbocycles. The highest BCUT2D eigenvalue weighted by atomic mass is 16.6. The van der Waals surface area contributed by atoms with E-state index in [-0.39, 0.29) is 6.54 Å². The average molecular weight is 268 g/mol. The maximum atomic E-state index is 12.1. The topological polar surface area (TPSA) is 82.6 Å². The molecule has 106 valence electrons. The average Bonchev–Trinajstić information content (AvgIpc) is 2.74. The number of H-pyrrole nitrogens is 1. The highest BCUT2D eigenvalue weighted by Gasteiger charge is 2.29. The van der Waals surface area contributed by atoms with Gasteiger partial charge in [-0.2, -0.15) is 0 Å². The van der Waals surface area contributed by atoms with Crippen LogP contribution >= 0.6 is 0 Å². The van der Waals surface area contributed by atoms with Crippen molar-refractivity contribution in [2.24, 2.45) is 0 Å². The summed E-state index contributed by atoms with van der Waals surface area (Å²) in [5, 5.41) is 9.07. The van der Waals surface area contributed by atoms with Crippen LogP contribution in [0.5, 0.6) is 0 Å². The summed E-state index contributed by atoms with van der Waals surface area (Å²) < 4.78 is 5.23. The van der Waals surface area contributed by atoms with E-state index in [9.17, 15) is 9.59 Å². The fraction of sp³-hybridized carbons (Fsp3) is 0.538. The SMILES string of the molecule is CC(C(=O)O)N(Cc1ccc[nH]1)C(=O)OC(C)(C)C. The van der Waals surface area contributed by atoms with Gasteiger partial charge in [0.2, 0.25) is 0 Å². The van der Waals surface area contributed by atoms with Crippen molar-refractivity contribution in [1.82, 2.24) is 9.88 Å². The molecule has 1 rings (SSSR count). The maximum Gasteiger partial charge on any atom is 0.411 e. The summed E-state index contributed by atoms with van der Waals surface area (Å²) in [5.74, 6) is -1.07. The third kappa shape index (κ3) is 4.65. The number of carbonyl (C=O) groups excluding carboxylic acids is 1. The van der Waals surface area contributed by atoms with Gasteiger partial charge in [0.15, 0.2) is 0 Å². The minimum atomic E-state index is -1.07. The zero-order chi connectivity index (χ0) is 14.6. The highest BCUT2D eigenvalue weighted by Crippen LogP contribution is 2.14. The summed E-state index contributed by atoms with van der Waals surface area (Å²) in [5.41, 5.74) is 0.0856. The molecule has 1 aromatic rings. The van der Waals surface area contributed by atoms with Crippen molar-refractivity contribution in [1.29, 1.82) is 0 Å². The molecule has 0 saturated heterocycles. The lowest BCUT2D eigenvalue weighted by Crippen LogP contribution is -2.45. The zero-order valence-electron chi connectivity index (χ0n) is 11.6. The second kappa shape index (κ2) is 5.77. The summed E-state index contributed by atoms with van der Waals surface area (Å²) in [6.07, 6.45) is 1.07. The number of hydrogen-bond donors (Lipinski definition) is 2. The number of aromatic amines is 1. The molecule has 6 heteroatoms. The van der Waals surface area contributed by atoms with E-state index in [0.29, 0.717) is 0 Å². The Hall–Kier alpha value is -1.98. The van der Waals surface area contributed by atoms with Crippen LogP contribution in [0.1, 0.15) is 33.4 Å². The van der Waals surface area contributed by atoms with Crippen LogP contribution < -0.4 is 0 Å². The third-order valence-electron chi connectivity index (χ3n) is 2.46. The first-order valence-electron chi connectivity index (χ1n) is 6.05. The van der Waals surface area contributed by atoms with E-state index >= 15 is 0 Å². The first kappa shape index (κ1) is 15.1. The molecule has 0 aliphatic carbocycles. The van der Waals surface area contributed by atoms with Gasteiger partial charge in [-0.15, -0.1) is 0 Å². The Balaban J connectivity index is 2.86. The Morgan fingerprint density at radius 2 is 2.11 bits per heavy atom. The monoisotopic (exact) mass is 268 g/mol. The van der Waals surface area contributed by atoms with Crippen LogP contribution in [0, 0.1) is 0 Å². The van der Waals surface area contributed by atoms with Crippen molar-refractivity contribution in [2.45, 2.75) is 45.9 Å². The molecular formula is C13H20N2O4. The lowest BCUT2D eigenvalue weighted by atomic mass is 10.2. The lowest BCUT2D eigenvalue weighted by molar-refractivity contribution is -0.142. The highest BCUT2D eigenvalue weighted by molar-refractivity contribution is 5.79. The van der Waals surface area contributed by atoms with Crippen LogP contribution in [0.25, 0.3) is 0 Å². The molecule has 1 aromatic heterocycles. The number of nitrogens with zero attached hydrogens (tertiary/aromatic N) is 1. The van der Waals surface area contributed by atoms with Gasteiger partial charge in [-0.05, 0) is 39.8 Å². The van der Waals surface area contributed by atoms with Crippen LogP contribution in [0.15, 0.2) is 18.3 Å². The molecule has 19 heavy (non-hydrogen) atoms. The van der Waals surface area contributed by atoms with Gasteiger partial charge in [0.25, 0.3) is 0 Å². The molecule has 0 aliphatic rings. The van der Waals surface area contributed by atoms with Crippen LogP contribution in [-0.4, -0.2) is 38.7 Å². The minimum absolute atomic E-state index is 0.162. The number of aliphatic carboxylic acids is 1. The van der Waals surface area contributed by atoms with E-state index < -0.39 is 23.7 Å². The Kier molecular flexibility index (Phi) is 4.58. The lowest BCUT2D eigenvalue weighted by Gasteiger charge is -2.29. The Morgan fingerprint density at radius 3 is 2.53 bits per heavy atom. The maximum absolute atomic E-state index is 12.1. The third-order valence-corrected chi connectivity index (χ3v) is 2.46. The van der Waals surface area contributed by atoms with Crippen molar-refractivity contribution < 1.29 is 19.4 Å². The second-order valence-corrected chi connectivity index (χ2v) is 5.32. The van der Waals surface area contributed by atoms with E-state index in [4.69, 9.17) is 9.84 Å². The van der Waals surface area contributed by atoms with Crippen molar-refractivity contribution in [3.05, 3.63) is 24.0 Å². The summed E-state index contributed by atoms with van der Waals surface area (Å²) in [4.78, 5) is 27.3. The number of aromatic nitrogens is 1. The minimum Gasteiger partial charge on any atom is -0.480 e. The molecule has 1 unspecified atom stereocenters. The van der Waals surface area contributed by atoms with E-state index in [1.165, 1.54) is 11.8 Å². The standard InChI is InChI=1S/C13H20N2O4/c1-9(11(16)17)15(8-10-6-5-7-14-10)12(18)19-13(2,3)4/h5-7,9,14H,8H2,1-4H3,(H,16,17). The summed E-state index contributed by atoms with van der Waals surface area (Å²) in [7, 11) is 0. The Bertz CT molecular complexity index is 434. The summed E-state index contributed by atoms with van der Waals surface area (Å²) in [6.45, 7) is 6.83. The first-order valence-corrected chi connectivity index (χ1v) is 6.05. The van der Waals surface area contributed by atoms with Gasteiger partial charge in [-0.25, -0.2) is 9.59 Å². The number of carboxylic acid groups (broad SMARTS) is 1. The van der Waals surface area contributed by atoms with Crippen LogP contribution in [0.2, 0.25) is 0 Å². The molecule has 0 aromatic carbocycles. The molecule has 2 N–H and O–H groups in total. The number of rotatable bonds is 4. The van der Waals surface area contributed by atoms with Crippen LogP contribution in [-0.2, 0) is 16.1 Å². The molecule has 1 amide bonds. The molecule has 0 radical (unpaired) electrons. The number of ether oxygens (including phenoxy) is 1. The summed E-state index contributed by atoms with van der Waals surface area (Å²) in [6, 6.07) is 2.61. The Morgan fingerprint density at radius 1 is 1.47 bits per heavy atom. The number of carboxylic acids is 1. The quantitative estimate of drug-likeness (QED) is 0.877. The zero-order valence-corrected chi connectivity index (χ0v) is 11.6. The normalized spacial score (nSPS) is 12.8. The molecule has 0 fully saturated rings. The molecule has 0 aliphatic heterocycles. The Labute approximate surface area is 112 Å². The van der Waals surface area contributed by atoms with Crippen molar-refractivity contribution in [2.75, 3.05) is 0 Å². The number of amides is 1. The van der Waals surface area contributed by atoms with Gasteiger partial charge in [-0.1, -0.05) is 0 Å².